The Labute approximate surface area is 186 Å². The Morgan fingerprint density at radius 1 is 1.03 bits per heavy atom. The first-order chi connectivity index (χ1) is 14.9. The lowest BCUT2D eigenvalue weighted by Gasteiger charge is -2.07. The minimum atomic E-state index is -0.360. The number of aryl methyl sites for hydroxylation is 1. The van der Waals surface area contributed by atoms with Gasteiger partial charge in [-0.3, -0.25) is 9.59 Å². The number of carbonyl (C=O) groups excluding carboxylic acids is 2. The van der Waals surface area contributed by atoms with E-state index in [0.717, 1.165) is 16.5 Å². The lowest BCUT2D eigenvalue weighted by molar-refractivity contribution is 0.0955. The van der Waals surface area contributed by atoms with Crippen molar-refractivity contribution in [3.05, 3.63) is 88.4 Å². The number of nitrogens with zero attached hydrogens (tertiary/aromatic N) is 2. The standard InChI is InChI=1S/C23H19BrN4O3/c1-14(26-27-22(29)18-13-28(2)19-9-4-3-8-17(18)19)15-6-5-7-16(12-15)25-23(30)20-10-11-21(24)31-20/h3-13H,1-2H3,(H,25,30)(H,27,29)/b26-14+. The maximum atomic E-state index is 12.7. The fraction of sp³-hybridized carbons (Fsp3) is 0.0870. The van der Waals surface area contributed by atoms with E-state index in [4.69, 9.17) is 4.42 Å². The predicted octanol–water partition coefficient (Wildman–Crippen LogP) is 4.94. The molecule has 2 amide bonds. The molecule has 2 N–H and O–H groups in total. The Morgan fingerprint density at radius 3 is 2.61 bits per heavy atom. The summed E-state index contributed by atoms with van der Waals surface area (Å²) in [4.78, 5) is 25.0. The van der Waals surface area contributed by atoms with Crippen LogP contribution in [0, 0.1) is 0 Å². The Bertz CT molecular complexity index is 1320. The number of furan rings is 1. The molecule has 4 aromatic rings. The van der Waals surface area contributed by atoms with Crippen molar-refractivity contribution in [3.63, 3.8) is 0 Å². The first kappa shape index (κ1) is 20.6. The van der Waals surface area contributed by atoms with Gasteiger partial charge in [-0.05, 0) is 58.7 Å². The van der Waals surface area contributed by atoms with Crippen molar-refractivity contribution in [2.45, 2.75) is 6.92 Å². The molecule has 8 heteroatoms. The van der Waals surface area contributed by atoms with Crippen molar-refractivity contribution >= 4 is 50.0 Å². The zero-order chi connectivity index (χ0) is 22.0. The van der Waals surface area contributed by atoms with Crippen molar-refractivity contribution in [1.82, 2.24) is 9.99 Å². The van der Waals surface area contributed by atoms with E-state index in [1.165, 1.54) is 0 Å². The number of amides is 2. The molecule has 156 valence electrons. The number of halogens is 1. The Morgan fingerprint density at radius 2 is 1.84 bits per heavy atom. The topological polar surface area (TPSA) is 88.6 Å². The third-order valence-corrected chi connectivity index (χ3v) is 5.23. The summed E-state index contributed by atoms with van der Waals surface area (Å²) in [6.45, 7) is 1.79. The van der Waals surface area contributed by atoms with Crippen LogP contribution in [-0.2, 0) is 7.05 Å². The molecule has 0 aliphatic carbocycles. The van der Waals surface area contributed by atoms with Gasteiger partial charge in [-0.1, -0.05) is 30.3 Å². The van der Waals surface area contributed by atoms with E-state index >= 15 is 0 Å². The number of carbonyl (C=O) groups is 2. The number of hydrogen-bond donors (Lipinski definition) is 2. The van der Waals surface area contributed by atoms with Crippen LogP contribution in [0.1, 0.15) is 33.4 Å². The highest BCUT2D eigenvalue weighted by molar-refractivity contribution is 9.10. The van der Waals surface area contributed by atoms with Crippen molar-refractivity contribution in [3.8, 4) is 0 Å². The van der Waals surface area contributed by atoms with E-state index in [0.29, 0.717) is 21.6 Å². The summed E-state index contributed by atoms with van der Waals surface area (Å²) in [6, 6.07) is 18.1. The second-order valence-corrected chi connectivity index (χ2v) is 7.73. The van der Waals surface area contributed by atoms with E-state index in [1.54, 1.807) is 43.5 Å². The third kappa shape index (κ3) is 4.44. The van der Waals surface area contributed by atoms with Gasteiger partial charge in [-0.2, -0.15) is 5.10 Å². The van der Waals surface area contributed by atoms with E-state index < -0.39 is 0 Å². The Hall–Kier alpha value is -3.65. The van der Waals surface area contributed by atoms with Crippen LogP contribution in [0.25, 0.3) is 10.9 Å². The zero-order valence-corrected chi connectivity index (χ0v) is 18.4. The molecule has 4 rings (SSSR count). The fourth-order valence-corrected chi connectivity index (χ4v) is 3.54. The van der Waals surface area contributed by atoms with Gasteiger partial charge in [0.2, 0.25) is 0 Å². The van der Waals surface area contributed by atoms with Crippen LogP contribution in [0.4, 0.5) is 5.69 Å². The molecule has 31 heavy (non-hydrogen) atoms. The van der Waals surface area contributed by atoms with E-state index in [9.17, 15) is 9.59 Å². The van der Waals surface area contributed by atoms with Crippen LogP contribution in [0.2, 0.25) is 0 Å². The van der Waals surface area contributed by atoms with Gasteiger partial charge in [0.15, 0.2) is 10.4 Å². The number of rotatable bonds is 5. The molecule has 0 bridgehead atoms. The average molecular weight is 479 g/mol. The summed E-state index contributed by atoms with van der Waals surface area (Å²) < 4.78 is 7.66. The van der Waals surface area contributed by atoms with Crippen LogP contribution < -0.4 is 10.7 Å². The van der Waals surface area contributed by atoms with Crippen LogP contribution in [0.15, 0.2) is 81.0 Å². The summed E-state index contributed by atoms with van der Waals surface area (Å²) in [5, 5.41) is 7.89. The number of benzene rings is 2. The summed E-state index contributed by atoms with van der Waals surface area (Å²) in [7, 11) is 1.90. The van der Waals surface area contributed by atoms with Crippen LogP contribution in [-0.4, -0.2) is 22.1 Å². The van der Waals surface area contributed by atoms with Gasteiger partial charge < -0.3 is 14.3 Å². The normalized spacial score (nSPS) is 11.5. The molecule has 0 saturated heterocycles. The minimum absolute atomic E-state index is 0.199. The van der Waals surface area contributed by atoms with Crippen LogP contribution in [0.5, 0.6) is 0 Å². The SMILES string of the molecule is C/C(=N\NC(=O)c1cn(C)c2ccccc12)c1cccc(NC(=O)c2ccc(Br)o2)c1. The lowest BCUT2D eigenvalue weighted by Crippen LogP contribution is -2.19. The Kier molecular flexibility index (Phi) is 5.73. The van der Waals surface area contributed by atoms with Crippen LogP contribution in [0.3, 0.4) is 0 Å². The van der Waals surface area contributed by atoms with Crippen LogP contribution >= 0.6 is 15.9 Å². The molecule has 2 aromatic carbocycles. The third-order valence-electron chi connectivity index (χ3n) is 4.80. The van der Waals surface area contributed by atoms with E-state index in [2.05, 4.69) is 31.8 Å². The molecule has 7 nitrogen and oxygen atoms in total. The number of para-hydroxylation sites is 1. The van der Waals surface area contributed by atoms with Gasteiger partial charge in [0.25, 0.3) is 11.8 Å². The molecule has 2 heterocycles. The second kappa shape index (κ2) is 8.61. The van der Waals surface area contributed by atoms with Crippen molar-refractivity contribution in [2.24, 2.45) is 12.1 Å². The highest BCUT2D eigenvalue weighted by Gasteiger charge is 2.14. The number of fused-ring (bicyclic) bond motifs is 1. The number of nitrogens with one attached hydrogen (secondary N) is 2. The van der Waals surface area contributed by atoms with Crippen molar-refractivity contribution < 1.29 is 14.0 Å². The lowest BCUT2D eigenvalue weighted by atomic mass is 10.1. The van der Waals surface area contributed by atoms with E-state index in [1.807, 2.05) is 41.9 Å². The molecule has 0 aliphatic heterocycles. The summed E-state index contributed by atoms with van der Waals surface area (Å²) in [5.41, 5.74) is 6.10. The van der Waals surface area contributed by atoms with Crippen molar-refractivity contribution in [2.75, 3.05) is 5.32 Å². The van der Waals surface area contributed by atoms with Crippen molar-refractivity contribution in [1.29, 1.82) is 0 Å². The molecule has 0 radical (unpaired) electrons. The molecule has 0 atom stereocenters. The quantitative estimate of drug-likeness (QED) is 0.314. The smallest absolute Gasteiger partial charge is 0.291 e. The number of anilines is 1. The highest BCUT2D eigenvalue weighted by Crippen LogP contribution is 2.20. The number of hydrogen-bond acceptors (Lipinski definition) is 4. The van der Waals surface area contributed by atoms with Gasteiger partial charge in [0, 0.05) is 29.8 Å². The highest BCUT2D eigenvalue weighted by atomic mass is 79.9. The molecule has 2 aromatic heterocycles. The van der Waals surface area contributed by atoms with Gasteiger partial charge in [0.1, 0.15) is 0 Å². The second-order valence-electron chi connectivity index (χ2n) is 6.95. The van der Waals surface area contributed by atoms with Gasteiger partial charge in [-0.25, -0.2) is 5.43 Å². The molecule has 0 fully saturated rings. The van der Waals surface area contributed by atoms with Gasteiger partial charge in [0.05, 0.1) is 11.3 Å². The molecular weight excluding hydrogens is 460 g/mol. The van der Waals surface area contributed by atoms with Gasteiger partial charge >= 0.3 is 0 Å². The maximum Gasteiger partial charge on any atom is 0.291 e. The summed E-state index contributed by atoms with van der Waals surface area (Å²) in [6.07, 6.45) is 1.79. The van der Waals surface area contributed by atoms with Gasteiger partial charge in [-0.15, -0.1) is 0 Å². The minimum Gasteiger partial charge on any atom is -0.444 e. The first-order valence-corrected chi connectivity index (χ1v) is 10.3. The monoisotopic (exact) mass is 478 g/mol. The number of aromatic nitrogens is 1. The first-order valence-electron chi connectivity index (χ1n) is 9.48. The fourth-order valence-electron chi connectivity index (χ4n) is 3.23. The summed E-state index contributed by atoms with van der Waals surface area (Å²) >= 11 is 3.18. The predicted molar refractivity (Wildman–Crippen MR) is 123 cm³/mol. The molecular formula is C23H19BrN4O3. The molecule has 0 aliphatic rings. The molecule has 0 spiro atoms. The largest absolute Gasteiger partial charge is 0.444 e. The summed E-state index contributed by atoms with van der Waals surface area (Å²) in [5.74, 6) is -0.448. The Balaban J connectivity index is 1.48. The molecule has 0 unspecified atom stereocenters. The molecule has 0 saturated carbocycles. The van der Waals surface area contributed by atoms with E-state index in [-0.39, 0.29) is 17.6 Å². The average Bonchev–Trinajstić information content (AvgIpc) is 3.36. The maximum absolute atomic E-state index is 12.7. The number of hydrazone groups is 1. The zero-order valence-electron chi connectivity index (χ0n) is 16.8.